The Hall–Kier alpha value is -3.98. The summed E-state index contributed by atoms with van der Waals surface area (Å²) in [5.41, 5.74) is -0.981. The van der Waals surface area contributed by atoms with Gasteiger partial charge in [0.2, 0.25) is 0 Å². The topological polar surface area (TPSA) is 95.8 Å². The highest BCUT2D eigenvalue weighted by molar-refractivity contribution is 6.30. The van der Waals surface area contributed by atoms with Crippen LogP contribution in [-0.2, 0) is 4.79 Å². The summed E-state index contributed by atoms with van der Waals surface area (Å²) in [5.74, 6) is -1.34. The molecule has 3 aromatic rings. The second-order valence-corrected chi connectivity index (χ2v) is 7.99. The maximum atomic E-state index is 14.8. The maximum absolute atomic E-state index is 14.8. The highest BCUT2D eigenvalue weighted by Gasteiger charge is 2.45. The molecule has 10 heteroatoms. The molecule has 0 aliphatic carbocycles. The molecule has 3 amide bonds. The number of carbonyl (C=O) groups excluding carboxylic acids is 2. The first-order valence-corrected chi connectivity index (χ1v) is 10.3. The van der Waals surface area contributed by atoms with E-state index in [4.69, 9.17) is 11.6 Å². The average Bonchev–Trinajstić information content (AvgIpc) is 3.20. The van der Waals surface area contributed by atoms with Crippen molar-refractivity contribution in [3.63, 3.8) is 0 Å². The number of nitrogens with one attached hydrogen (secondary N) is 2. The molecule has 2 aromatic carbocycles. The molecule has 2 N–H and O–H groups in total. The van der Waals surface area contributed by atoms with Crippen LogP contribution in [0.3, 0.4) is 0 Å². The smallest absolute Gasteiger partial charge is 0.321 e. The van der Waals surface area contributed by atoms with Crippen molar-refractivity contribution < 1.29 is 14.0 Å². The lowest BCUT2D eigenvalue weighted by Gasteiger charge is -2.31. The van der Waals surface area contributed by atoms with Gasteiger partial charge in [0.15, 0.2) is 0 Å². The van der Waals surface area contributed by atoms with E-state index in [0.29, 0.717) is 16.4 Å². The molecule has 1 atom stereocenters. The van der Waals surface area contributed by atoms with E-state index in [9.17, 15) is 18.8 Å². The zero-order valence-electron chi connectivity index (χ0n) is 17.5. The summed E-state index contributed by atoms with van der Waals surface area (Å²) in [5, 5.41) is 10.7. The van der Waals surface area contributed by atoms with Gasteiger partial charge in [-0.2, -0.15) is 10.1 Å². The van der Waals surface area contributed by atoms with Crippen molar-refractivity contribution in [1.29, 1.82) is 0 Å². The summed E-state index contributed by atoms with van der Waals surface area (Å²) >= 11 is 5.86. The SMILES string of the molecule is CC1(C(=O)Nc2ccc(-n3ccccc3=O)cc2F)CC=NN1C(=O)Nc1ccc(Cl)cc1. The molecule has 168 valence electrons. The summed E-state index contributed by atoms with van der Waals surface area (Å²) in [6.45, 7) is 1.53. The molecule has 2 heterocycles. The van der Waals surface area contributed by atoms with Crippen LogP contribution in [0.2, 0.25) is 5.02 Å². The highest BCUT2D eigenvalue weighted by Crippen LogP contribution is 2.28. The summed E-state index contributed by atoms with van der Waals surface area (Å²) in [6.07, 6.45) is 3.11. The van der Waals surface area contributed by atoms with Crippen LogP contribution < -0.4 is 16.2 Å². The van der Waals surface area contributed by atoms with Gasteiger partial charge in [-0.25, -0.2) is 9.18 Å². The lowest BCUT2D eigenvalue weighted by molar-refractivity contribution is -0.124. The van der Waals surface area contributed by atoms with E-state index in [1.54, 1.807) is 36.4 Å². The largest absolute Gasteiger partial charge is 0.343 e. The molecule has 0 bridgehead atoms. The predicted octanol–water partition coefficient (Wildman–Crippen LogP) is 4.25. The standard InChI is InChI=1S/C23H19ClFN5O3/c1-23(11-12-26-30(23)22(33)27-16-7-5-15(24)6-8-16)21(32)28-19-10-9-17(14-18(19)25)29-13-3-2-4-20(29)31/h2-10,12-14H,11H2,1H3,(H,27,33)(H,28,32). The van der Waals surface area contributed by atoms with Gasteiger partial charge in [0.1, 0.15) is 11.4 Å². The third kappa shape index (κ3) is 4.49. The Balaban J connectivity index is 1.51. The third-order valence-electron chi connectivity index (χ3n) is 5.23. The van der Waals surface area contributed by atoms with Gasteiger partial charge >= 0.3 is 6.03 Å². The van der Waals surface area contributed by atoms with E-state index in [-0.39, 0.29) is 17.7 Å². The van der Waals surface area contributed by atoms with Crippen molar-refractivity contribution in [2.24, 2.45) is 5.10 Å². The molecule has 1 aromatic heterocycles. The number of urea groups is 1. The fraction of sp³-hybridized carbons (Fsp3) is 0.130. The lowest BCUT2D eigenvalue weighted by atomic mass is 9.97. The molecule has 0 fully saturated rings. The Morgan fingerprint density at radius 2 is 1.85 bits per heavy atom. The van der Waals surface area contributed by atoms with Crippen molar-refractivity contribution in [1.82, 2.24) is 9.58 Å². The van der Waals surface area contributed by atoms with E-state index in [2.05, 4.69) is 15.7 Å². The van der Waals surface area contributed by atoms with Crippen molar-refractivity contribution in [3.8, 4) is 5.69 Å². The molecule has 1 aliphatic rings. The van der Waals surface area contributed by atoms with E-state index in [1.165, 1.54) is 42.1 Å². The van der Waals surface area contributed by atoms with Crippen molar-refractivity contribution in [2.45, 2.75) is 18.9 Å². The van der Waals surface area contributed by atoms with Gasteiger partial charge in [0.25, 0.3) is 11.5 Å². The molecule has 0 spiro atoms. The number of hydrogen-bond acceptors (Lipinski definition) is 4. The average molecular weight is 468 g/mol. The Kier molecular flexibility index (Phi) is 5.97. The van der Waals surface area contributed by atoms with Crippen LogP contribution >= 0.6 is 11.6 Å². The number of carbonyl (C=O) groups is 2. The molecule has 8 nitrogen and oxygen atoms in total. The molecule has 0 radical (unpaired) electrons. The summed E-state index contributed by atoms with van der Waals surface area (Å²) < 4.78 is 16.0. The van der Waals surface area contributed by atoms with Gasteiger partial charge in [0, 0.05) is 41.7 Å². The molecule has 0 saturated carbocycles. The fourth-order valence-electron chi connectivity index (χ4n) is 3.34. The first kappa shape index (κ1) is 22.2. The van der Waals surface area contributed by atoms with Crippen LogP contribution in [0.5, 0.6) is 0 Å². The number of benzene rings is 2. The Morgan fingerprint density at radius 3 is 2.55 bits per heavy atom. The Morgan fingerprint density at radius 1 is 1.09 bits per heavy atom. The normalized spacial score (nSPS) is 17.1. The summed E-state index contributed by atoms with van der Waals surface area (Å²) in [4.78, 5) is 37.8. The number of pyridine rings is 1. The molecule has 4 rings (SSSR count). The van der Waals surface area contributed by atoms with Crippen molar-refractivity contribution in [3.05, 3.63) is 88.1 Å². The molecule has 33 heavy (non-hydrogen) atoms. The number of anilines is 2. The number of nitrogens with zero attached hydrogens (tertiary/aromatic N) is 3. The van der Waals surface area contributed by atoms with E-state index in [1.807, 2.05) is 0 Å². The predicted molar refractivity (Wildman–Crippen MR) is 124 cm³/mol. The zero-order valence-corrected chi connectivity index (χ0v) is 18.2. The molecule has 1 aliphatic heterocycles. The summed E-state index contributed by atoms with van der Waals surface area (Å²) in [7, 11) is 0. The molecular weight excluding hydrogens is 449 g/mol. The maximum Gasteiger partial charge on any atom is 0.343 e. The van der Waals surface area contributed by atoms with Crippen LogP contribution in [0.1, 0.15) is 13.3 Å². The number of amides is 3. The van der Waals surface area contributed by atoms with Gasteiger partial charge in [0.05, 0.1) is 11.4 Å². The van der Waals surface area contributed by atoms with E-state index >= 15 is 0 Å². The lowest BCUT2D eigenvalue weighted by Crippen LogP contribution is -2.53. The minimum atomic E-state index is -1.38. The van der Waals surface area contributed by atoms with Crippen LogP contribution in [0.25, 0.3) is 5.69 Å². The van der Waals surface area contributed by atoms with Crippen LogP contribution in [0.4, 0.5) is 20.6 Å². The quantitative estimate of drug-likeness (QED) is 0.600. The van der Waals surface area contributed by atoms with Gasteiger partial charge in [-0.15, -0.1) is 0 Å². The molecule has 0 saturated heterocycles. The van der Waals surface area contributed by atoms with Crippen molar-refractivity contribution in [2.75, 3.05) is 10.6 Å². The van der Waals surface area contributed by atoms with Crippen LogP contribution in [-0.4, -0.2) is 33.3 Å². The van der Waals surface area contributed by atoms with E-state index in [0.717, 1.165) is 11.1 Å². The summed E-state index contributed by atoms with van der Waals surface area (Å²) in [6, 6.07) is 14.5. The molecular formula is C23H19ClFN5O3. The first-order valence-electron chi connectivity index (χ1n) is 9.96. The second kappa shape index (κ2) is 8.87. The van der Waals surface area contributed by atoms with Crippen molar-refractivity contribution >= 4 is 41.1 Å². The number of halogens is 2. The second-order valence-electron chi connectivity index (χ2n) is 7.55. The third-order valence-corrected chi connectivity index (χ3v) is 5.48. The van der Waals surface area contributed by atoms with Gasteiger partial charge in [-0.1, -0.05) is 17.7 Å². The van der Waals surface area contributed by atoms with Gasteiger partial charge in [-0.3, -0.25) is 14.2 Å². The zero-order chi connectivity index (χ0) is 23.6. The number of hydrazone groups is 1. The van der Waals surface area contributed by atoms with Crippen LogP contribution in [0.15, 0.2) is 76.8 Å². The fourth-order valence-corrected chi connectivity index (χ4v) is 3.47. The van der Waals surface area contributed by atoms with Crippen LogP contribution in [0, 0.1) is 5.82 Å². The minimum absolute atomic E-state index is 0.0843. The van der Waals surface area contributed by atoms with Gasteiger partial charge < -0.3 is 10.6 Å². The number of aromatic nitrogens is 1. The Bertz CT molecular complexity index is 1310. The molecule has 1 unspecified atom stereocenters. The number of rotatable bonds is 4. The number of hydrogen-bond donors (Lipinski definition) is 2. The Labute approximate surface area is 193 Å². The first-order chi connectivity index (χ1) is 15.8. The van der Waals surface area contributed by atoms with Gasteiger partial charge in [-0.05, 0) is 49.4 Å². The van der Waals surface area contributed by atoms with E-state index < -0.39 is 23.3 Å². The minimum Gasteiger partial charge on any atom is -0.321 e. The monoisotopic (exact) mass is 467 g/mol. The highest BCUT2D eigenvalue weighted by atomic mass is 35.5.